The van der Waals surface area contributed by atoms with E-state index in [1.807, 2.05) is 39.0 Å². The minimum absolute atomic E-state index is 0.0651. The Morgan fingerprint density at radius 2 is 2.09 bits per heavy atom. The lowest BCUT2D eigenvalue weighted by Gasteiger charge is -2.24. The van der Waals surface area contributed by atoms with Gasteiger partial charge in [0, 0.05) is 25.4 Å². The molecule has 5 nitrogen and oxygen atoms in total. The molecule has 0 bridgehead atoms. The lowest BCUT2D eigenvalue weighted by molar-refractivity contribution is -0.137. The lowest BCUT2D eigenvalue weighted by atomic mass is 9.90. The van der Waals surface area contributed by atoms with Crippen molar-refractivity contribution in [3.8, 4) is 0 Å². The number of aliphatic hydroxyl groups is 1. The van der Waals surface area contributed by atoms with Crippen LogP contribution in [0.4, 0.5) is 5.69 Å². The molecule has 0 atom stereocenters. The average Bonchev–Trinajstić information content (AvgIpc) is 2.87. The number of anilines is 1. The molecular weight excluding hydrogens is 280 g/mol. The maximum atomic E-state index is 12.4. The zero-order valence-corrected chi connectivity index (χ0v) is 13.5. The standard InChI is InChI=1S/C17H24N2O3/c1-12-4-5-13-6-8-19(14(13)10-12)16(22)15(21)18-11-17(2,3)7-9-20/h4-5,10,20H,6-9,11H2,1-3H3,(H,18,21). The number of rotatable bonds is 4. The topological polar surface area (TPSA) is 69.6 Å². The summed E-state index contributed by atoms with van der Waals surface area (Å²) in [6.45, 7) is 6.84. The highest BCUT2D eigenvalue weighted by atomic mass is 16.3. The van der Waals surface area contributed by atoms with E-state index in [9.17, 15) is 9.59 Å². The molecule has 0 radical (unpaired) electrons. The minimum Gasteiger partial charge on any atom is -0.396 e. The molecule has 0 saturated heterocycles. The van der Waals surface area contributed by atoms with Gasteiger partial charge in [-0.2, -0.15) is 0 Å². The molecule has 1 aliphatic rings. The second kappa shape index (κ2) is 6.48. The highest BCUT2D eigenvalue weighted by Gasteiger charge is 2.30. The van der Waals surface area contributed by atoms with E-state index < -0.39 is 11.8 Å². The lowest BCUT2D eigenvalue weighted by Crippen LogP contribution is -2.45. The predicted octanol–water partition coefficient (Wildman–Crippen LogP) is 1.41. The molecule has 22 heavy (non-hydrogen) atoms. The van der Waals surface area contributed by atoms with E-state index in [0.29, 0.717) is 19.5 Å². The number of nitrogens with zero attached hydrogens (tertiary/aromatic N) is 1. The van der Waals surface area contributed by atoms with Gasteiger partial charge < -0.3 is 15.3 Å². The van der Waals surface area contributed by atoms with Gasteiger partial charge in [0.1, 0.15) is 0 Å². The van der Waals surface area contributed by atoms with Crippen LogP contribution < -0.4 is 10.2 Å². The third kappa shape index (κ3) is 3.65. The molecule has 120 valence electrons. The maximum Gasteiger partial charge on any atom is 0.316 e. The highest BCUT2D eigenvalue weighted by Crippen LogP contribution is 2.29. The fourth-order valence-corrected chi connectivity index (χ4v) is 2.61. The minimum atomic E-state index is -0.583. The van der Waals surface area contributed by atoms with Crippen molar-refractivity contribution in [1.29, 1.82) is 0 Å². The first kappa shape index (κ1) is 16.5. The van der Waals surface area contributed by atoms with Gasteiger partial charge in [-0.1, -0.05) is 26.0 Å². The molecule has 1 aromatic rings. The summed E-state index contributed by atoms with van der Waals surface area (Å²) in [5.41, 5.74) is 2.79. The Morgan fingerprint density at radius 1 is 1.36 bits per heavy atom. The van der Waals surface area contributed by atoms with Gasteiger partial charge >= 0.3 is 11.8 Å². The van der Waals surface area contributed by atoms with Crippen molar-refractivity contribution in [2.24, 2.45) is 5.41 Å². The molecule has 1 aromatic carbocycles. The van der Waals surface area contributed by atoms with Crippen LogP contribution in [0.2, 0.25) is 0 Å². The molecule has 0 aliphatic carbocycles. The van der Waals surface area contributed by atoms with Crippen LogP contribution in [0.1, 0.15) is 31.4 Å². The number of amides is 2. The SMILES string of the molecule is Cc1ccc2c(c1)N(C(=O)C(=O)NCC(C)(C)CCO)CC2. The summed E-state index contributed by atoms with van der Waals surface area (Å²) in [5, 5.41) is 11.7. The molecule has 0 fully saturated rings. The molecule has 0 saturated carbocycles. The van der Waals surface area contributed by atoms with Gasteiger partial charge in [0.25, 0.3) is 0 Å². The van der Waals surface area contributed by atoms with E-state index in [4.69, 9.17) is 5.11 Å². The van der Waals surface area contributed by atoms with Gasteiger partial charge in [0.2, 0.25) is 0 Å². The Bertz CT molecular complexity index is 581. The van der Waals surface area contributed by atoms with Crippen molar-refractivity contribution in [3.05, 3.63) is 29.3 Å². The number of benzene rings is 1. The molecular formula is C17H24N2O3. The number of hydrogen-bond acceptors (Lipinski definition) is 3. The Balaban J connectivity index is 2.01. The van der Waals surface area contributed by atoms with Gasteiger partial charge in [0.05, 0.1) is 0 Å². The highest BCUT2D eigenvalue weighted by molar-refractivity contribution is 6.40. The van der Waals surface area contributed by atoms with Crippen molar-refractivity contribution < 1.29 is 14.7 Å². The fraction of sp³-hybridized carbons (Fsp3) is 0.529. The summed E-state index contributed by atoms with van der Waals surface area (Å²) >= 11 is 0. The number of carbonyl (C=O) groups excluding carboxylic acids is 2. The van der Waals surface area contributed by atoms with Crippen molar-refractivity contribution in [2.45, 2.75) is 33.6 Å². The van der Waals surface area contributed by atoms with E-state index >= 15 is 0 Å². The molecule has 0 spiro atoms. The van der Waals surface area contributed by atoms with Crippen molar-refractivity contribution >= 4 is 17.5 Å². The summed E-state index contributed by atoms with van der Waals surface area (Å²) in [5.74, 6) is -1.09. The summed E-state index contributed by atoms with van der Waals surface area (Å²) in [6.07, 6.45) is 1.36. The second-order valence-corrected chi connectivity index (χ2v) is 6.66. The van der Waals surface area contributed by atoms with Crippen LogP contribution in [0.5, 0.6) is 0 Å². The van der Waals surface area contributed by atoms with Crippen LogP contribution in [0.3, 0.4) is 0 Å². The van der Waals surface area contributed by atoms with Crippen molar-refractivity contribution in [3.63, 3.8) is 0 Å². The number of carbonyl (C=O) groups is 2. The van der Waals surface area contributed by atoms with Gasteiger partial charge in [-0.05, 0) is 42.4 Å². The zero-order chi connectivity index (χ0) is 16.3. The normalized spacial score (nSPS) is 13.9. The van der Waals surface area contributed by atoms with Crippen LogP contribution in [0.15, 0.2) is 18.2 Å². The van der Waals surface area contributed by atoms with E-state index in [1.54, 1.807) is 4.90 Å². The Kier molecular flexibility index (Phi) is 4.86. The molecule has 0 aromatic heterocycles. The van der Waals surface area contributed by atoms with Gasteiger partial charge in [-0.25, -0.2) is 0 Å². The first-order valence-corrected chi connectivity index (χ1v) is 7.64. The van der Waals surface area contributed by atoms with E-state index in [1.165, 1.54) is 0 Å². The van der Waals surface area contributed by atoms with Gasteiger partial charge in [-0.3, -0.25) is 9.59 Å². The smallest absolute Gasteiger partial charge is 0.316 e. The summed E-state index contributed by atoms with van der Waals surface area (Å²) in [4.78, 5) is 26.0. The monoisotopic (exact) mass is 304 g/mol. The van der Waals surface area contributed by atoms with Crippen molar-refractivity contribution in [2.75, 3.05) is 24.6 Å². The Morgan fingerprint density at radius 3 is 2.77 bits per heavy atom. The second-order valence-electron chi connectivity index (χ2n) is 6.66. The van der Waals surface area contributed by atoms with E-state index in [0.717, 1.165) is 23.2 Å². The summed E-state index contributed by atoms with van der Waals surface area (Å²) in [6, 6.07) is 5.98. The van der Waals surface area contributed by atoms with E-state index in [2.05, 4.69) is 5.32 Å². The number of fused-ring (bicyclic) bond motifs is 1. The molecule has 5 heteroatoms. The third-order valence-corrected chi connectivity index (χ3v) is 4.09. The van der Waals surface area contributed by atoms with Crippen LogP contribution in [0, 0.1) is 12.3 Å². The van der Waals surface area contributed by atoms with Gasteiger partial charge in [-0.15, -0.1) is 0 Å². The predicted molar refractivity (Wildman–Crippen MR) is 85.7 cm³/mol. The summed E-state index contributed by atoms with van der Waals surface area (Å²) < 4.78 is 0. The van der Waals surface area contributed by atoms with Crippen LogP contribution in [-0.2, 0) is 16.0 Å². The quantitative estimate of drug-likeness (QED) is 0.826. The van der Waals surface area contributed by atoms with Crippen LogP contribution in [-0.4, -0.2) is 36.6 Å². The number of nitrogens with one attached hydrogen (secondary N) is 1. The van der Waals surface area contributed by atoms with Crippen LogP contribution >= 0.6 is 0 Å². The average molecular weight is 304 g/mol. The summed E-state index contributed by atoms with van der Waals surface area (Å²) in [7, 11) is 0. The molecule has 2 N–H and O–H groups in total. The Labute approximate surface area is 131 Å². The first-order chi connectivity index (χ1) is 10.3. The molecule has 1 heterocycles. The third-order valence-electron chi connectivity index (χ3n) is 4.09. The van der Waals surface area contributed by atoms with E-state index in [-0.39, 0.29) is 12.0 Å². The Hall–Kier alpha value is -1.88. The maximum absolute atomic E-state index is 12.4. The first-order valence-electron chi connectivity index (χ1n) is 7.64. The van der Waals surface area contributed by atoms with Crippen LogP contribution in [0.25, 0.3) is 0 Å². The number of hydrogen-bond donors (Lipinski definition) is 2. The number of aryl methyl sites for hydroxylation is 1. The van der Waals surface area contributed by atoms with Gasteiger partial charge in [0.15, 0.2) is 0 Å². The fourth-order valence-electron chi connectivity index (χ4n) is 2.61. The van der Waals surface area contributed by atoms with Crippen molar-refractivity contribution in [1.82, 2.24) is 5.32 Å². The largest absolute Gasteiger partial charge is 0.396 e. The molecule has 2 amide bonds. The molecule has 1 aliphatic heterocycles. The number of aliphatic hydroxyl groups excluding tert-OH is 1. The zero-order valence-electron chi connectivity index (χ0n) is 13.5. The molecule has 2 rings (SSSR count). The molecule has 0 unspecified atom stereocenters.